The summed E-state index contributed by atoms with van der Waals surface area (Å²) in [6.07, 6.45) is 9.54. The van der Waals surface area contributed by atoms with Gasteiger partial charge in [-0.15, -0.1) is 0 Å². The fourth-order valence-electron chi connectivity index (χ4n) is 2.12. The number of hydrogen-bond donors (Lipinski definition) is 0. The molecule has 3 heteroatoms. The van der Waals surface area contributed by atoms with Crippen LogP contribution in [0.4, 0.5) is 0 Å². The number of guanidine groups is 1. The van der Waals surface area contributed by atoms with E-state index in [4.69, 9.17) is 0 Å². The van der Waals surface area contributed by atoms with E-state index in [0.717, 1.165) is 12.5 Å². The van der Waals surface area contributed by atoms with Gasteiger partial charge in [0.15, 0.2) is 5.96 Å². The molecule has 0 aliphatic carbocycles. The lowest BCUT2D eigenvalue weighted by Gasteiger charge is -2.26. The summed E-state index contributed by atoms with van der Waals surface area (Å²) in [4.78, 5) is 8.61. The van der Waals surface area contributed by atoms with Gasteiger partial charge in [0.1, 0.15) is 0 Å². The predicted octanol–water partition coefficient (Wildman–Crippen LogP) is 3.22. The third-order valence-electron chi connectivity index (χ3n) is 3.04. The first kappa shape index (κ1) is 16.3. The number of nitrogens with zero attached hydrogens (tertiary/aromatic N) is 3. The van der Waals surface area contributed by atoms with Crippen LogP contribution in [-0.4, -0.2) is 50.5 Å². The van der Waals surface area contributed by atoms with Gasteiger partial charge in [0.25, 0.3) is 0 Å². The Balaban J connectivity index is 3.54. The van der Waals surface area contributed by atoms with Gasteiger partial charge < -0.3 is 9.80 Å². The van der Waals surface area contributed by atoms with E-state index in [1.165, 1.54) is 44.9 Å². The van der Waals surface area contributed by atoms with Crippen molar-refractivity contribution in [3.8, 4) is 0 Å². The first-order valence-electron chi connectivity index (χ1n) is 6.98. The average molecular weight is 241 g/mol. The zero-order valence-corrected chi connectivity index (χ0v) is 12.5. The Hall–Kier alpha value is -0.730. The number of unbranched alkanes of at least 4 members (excludes halogenated alkanes) is 6. The molecule has 3 nitrogen and oxygen atoms in total. The molecular formula is C14H31N3. The van der Waals surface area contributed by atoms with Crippen molar-refractivity contribution in [2.24, 2.45) is 4.99 Å². The Kier molecular flexibility index (Phi) is 9.98. The van der Waals surface area contributed by atoms with E-state index >= 15 is 0 Å². The van der Waals surface area contributed by atoms with Crippen molar-refractivity contribution in [2.45, 2.75) is 51.9 Å². The molecule has 0 aliphatic heterocycles. The molecule has 0 spiro atoms. The summed E-state index contributed by atoms with van der Waals surface area (Å²) in [6, 6.07) is 0. The van der Waals surface area contributed by atoms with Crippen LogP contribution in [0.5, 0.6) is 0 Å². The van der Waals surface area contributed by atoms with Crippen molar-refractivity contribution in [1.82, 2.24) is 9.80 Å². The van der Waals surface area contributed by atoms with Gasteiger partial charge in [0.2, 0.25) is 0 Å². The van der Waals surface area contributed by atoms with E-state index in [1.807, 2.05) is 21.1 Å². The first-order chi connectivity index (χ1) is 8.13. The Morgan fingerprint density at radius 2 is 1.41 bits per heavy atom. The summed E-state index contributed by atoms with van der Waals surface area (Å²) < 4.78 is 0. The van der Waals surface area contributed by atoms with Crippen molar-refractivity contribution in [1.29, 1.82) is 0 Å². The zero-order valence-electron chi connectivity index (χ0n) is 12.5. The van der Waals surface area contributed by atoms with E-state index < -0.39 is 0 Å². The van der Waals surface area contributed by atoms with Crippen molar-refractivity contribution in [2.75, 3.05) is 34.7 Å². The standard InChI is InChI=1S/C14H31N3/c1-6-7-8-9-10-11-12-13-17(5)14(15-2)16(3)4/h6-13H2,1-5H3. The third kappa shape index (κ3) is 8.06. The molecule has 0 atom stereocenters. The van der Waals surface area contributed by atoms with E-state index in [0.29, 0.717) is 0 Å². The van der Waals surface area contributed by atoms with Crippen molar-refractivity contribution in [3.63, 3.8) is 0 Å². The maximum atomic E-state index is 4.30. The van der Waals surface area contributed by atoms with Crippen LogP contribution in [0.25, 0.3) is 0 Å². The summed E-state index contributed by atoms with van der Waals surface area (Å²) >= 11 is 0. The molecule has 0 rings (SSSR count). The van der Waals surface area contributed by atoms with Crippen LogP contribution in [0.3, 0.4) is 0 Å². The molecule has 0 radical (unpaired) electrons. The second-order valence-electron chi connectivity index (χ2n) is 4.96. The summed E-state index contributed by atoms with van der Waals surface area (Å²) in [6.45, 7) is 3.38. The molecule has 0 bridgehead atoms. The van der Waals surface area contributed by atoms with Gasteiger partial charge in [-0.3, -0.25) is 4.99 Å². The van der Waals surface area contributed by atoms with Gasteiger partial charge in [-0.1, -0.05) is 45.4 Å². The highest BCUT2D eigenvalue weighted by atomic mass is 15.3. The van der Waals surface area contributed by atoms with E-state index in [1.54, 1.807) is 0 Å². The van der Waals surface area contributed by atoms with Gasteiger partial charge in [-0.05, 0) is 6.42 Å². The summed E-state index contributed by atoms with van der Waals surface area (Å²) in [5, 5.41) is 0. The highest BCUT2D eigenvalue weighted by Crippen LogP contribution is 2.07. The van der Waals surface area contributed by atoms with Crippen LogP contribution in [0.1, 0.15) is 51.9 Å². The fourth-order valence-corrected chi connectivity index (χ4v) is 2.12. The maximum Gasteiger partial charge on any atom is 0.195 e. The smallest absolute Gasteiger partial charge is 0.195 e. The van der Waals surface area contributed by atoms with Gasteiger partial charge >= 0.3 is 0 Å². The molecule has 0 amide bonds. The largest absolute Gasteiger partial charge is 0.349 e. The first-order valence-corrected chi connectivity index (χ1v) is 6.98. The Morgan fingerprint density at radius 3 is 1.88 bits per heavy atom. The Labute approximate surface area is 108 Å². The third-order valence-corrected chi connectivity index (χ3v) is 3.04. The molecule has 102 valence electrons. The summed E-state index contributed by atoms with van der Waals surface area (Å²) in [7, 11) is 8.07. The minimum absolute atomic E-state index is 1.07. The van der Waals surface area contributed by atoms with E-state index in [9.17, 15) is 0 Å². The van der Waals surface area contributed by atoms with Crippen molar-refractivity contribution < 1.29 is 0 Å². The lowest BCUT2D eigenvalue weighted by Crippen LogP contribution is -2.38. The quantitative estimate of drug-likeness (QED) is 0.369. The number of rotatable bonds is 8. The predicted molar refractivity (Wildman–Crippen MR) is 77.7 cm³/mol. The molecule has 0 heterocycles. The molecule has 0 aromatic rings. The van der Waals surface area contributed by atoms with Crippen LogP contribution >= 0.6 is 0 Å². The number of aliphatic imine (C=N–C) groups is 1. The van der Waals surface area contributed by atoms with Crippen LogP contribution in [0.2, 0.25) is 0 Å². The number of hydrogen-bond acceptors (Lipinski definition) is 1. The highest BCUT2D eigenvalue weighted by Gasteiger charge is 2.06. The lowest BCUT2D eigenvalue weighted by molar-refractivity contribution is 0.406. The zero-order chi connectivity index (χ0) is 13.1. The minimum atomic E-state index is 1.07. The lowest BCUT2D eigenvalue weighted by atomic mass is 10.1. The molecule has 0 aromatic carbocycles. The second kappa shape index (κ2) is 10.4. The fraction of sp³-hybridized carbons (Fsp3) is 0.929. The second-order valence-corrected chi connectivity index (χ2v) is 4.96. The maximum absolute atomic E-state index is 4.30. The average Bonchev–Trinajstić information content (AvgIpc) is 2.28. The normalized spacial score (nSPS) is 11.7. The molecule has 0 N–H and O–H groups in total. The van der Waals surface area contributed by atoms with Gasteiger partial charge in [0, 0.05) is 34.7 Å². The Morgan fingerprint density at radius 1 is 0.882 bits per heavy atom. The highest BCUT2D eigenvalue weighted by molar-refractivity contribution is 5.79. The van der Waals surface area contributed by atoms with Gasteiger partial charge in [-0.25, -0.2) is 0 Å². The molecule has 0 unspecified atom stereocenters. The van der Waals surface area contributed by atoms with Crippen LogP contribution < -0.4 is 0 Å². The Bertz CT molecular complexity index is 200. The van der Waals surface area contributed by atoms with Crippen molar-refractivity contribution >= 4 is 5.96 Å². The van der Waals surface area contributed by atoms with Gasteiger partial charge in [-0.2, -0.15) is 0 Å². The van der Waals surface area contributed by atoms with Crippen LogP contribution in [-0.2, 0) is 0 Å². The molecule has 17 heavy (non-hydrogen) atoms. The summed E-state index contributed by atoms with van der Waals surface area (Å²) in [5.41, 5.74) is 0. The molecule has 0 aromatic heterocycles. The molecular weight excluding hydrogens is 210 g/mol. The monoisotopic (exact) mass is 241 g/mol. The summed E-state index contributed by atoms with van der Waals surface area (Å²) in [5.74, 6) is 1.07. The molecule has 0 saturated carbocycles. The van der Waals surface area contributed by atoms with Crippen LogP contribution in [0, 0.1) is 0 Å². The molecule has 0 saturated heterocycles. The van der Waals surface area contributed by atoms with Crippen molar-refractivity contribution in [3.05, 3.63) is 0 Å². The van der Waals surface area contributed by atoms with Gasteiger partial charge in [0.05, 0.1) is 0 Å². The minimum Gasteiger partial charge on any atom is -0.349 e. The van der Waals surface area contributed by atoms with Crippen LogP contribution in [0.15, 0.2) is 4.99 Å². The topological polar surface area (TPSA) is 18.8 Å². The molecule has 0 fully saturated rings. The molecule has 0 aliphatic rings. The SMILES string of the molecule is CCCCCCCCCN(C)C(=NC)N(C)C. The van der Waals surface area contributed by atoms with E-state index in [2.05, 4.69) is 28.8 Å². The van der Waals surface area contributed by atoms with E-state index in [-0.39, 0.29) is 0 Å².